The third-order valence-corrected chi connectivity index (χ3v) is 4.96. The first-order valence-electron chi connectivity index (χ1n) is 7.50. The van der Waals surface area contributed by atoms with Crippen LogP contribution in [0.1, 0.15) is 5.01 Å². The summed E-state index contributed by atoms with van der Waals surface area (Å²) in [6.45, 7) is 0. The number of aromatic nitrogens is 1. The molecule has 1 aromatic heterocycles. The van der Waals surface area contributed by atoms with Gasteiger partial charge < -0.3 is 5.32 Å². The topological polar surface area (TPSA) is 91.8 Å². The smallest absolute Gasteiger partial charge is 0.269 e. The second-order valence-electron chi connectivity index (χ2n) is 5.28. The molecule has 134 valence electrons. The van der Waals surface area contributed by atoms with Crippen molar-refractivity contribution in [3.63, 3.8) is 0 Å². The maximum Gasteiger partial charge on any atom is 0.269 e. The number of anilines is 1. The van der Waals surface area contributed by atoms with Crippen LogP contribution in [-0.2, 0) is 0 Å². The fraction of sp³-hybridized carbons (Fsp3) is 0. The lowest BCUT2D eigenvalue weighted by molar-refractivity contribution is -0.384. The molecule has 0 saturated heterocycles. The standard InChI is InChI=1S/C18H10Cl2N4O2S/c19-13-3-6-16(15(20)7-13)22-9-12(8-21)18-23-17(10-27-18)11-1-4-14(5-2-11)24(25)26/h1-7,9-10,22H/b12-9-. The molecule has 0 aliphatic carbocycles. The second kappa shape index (κ2) is 8.18. The monoisotopic (exact) mass is 416 g/mol. The van der Waals surface area contributed by atoms with Crippen LogP contribution in [0.5, 0.6) is 0 Å². The van der Waals surface area contributed by atoms with Crippen molar-refractivity contribution >= 4 is 51.5 Å². The number of hydrogen-bond donors (Lipinski definition) is 1. The molecule has 6 nitrogen and oxygen atoms in total. The largest absolute Gasteiger partial charge is 0.359 e. The highest BCUT2D eigenvalue weighted by atomic mass is 35.5. The van der Waals surface area contributed by atoms with Crippen LogP contribution in [0.25, 0.3) is 16.8 Å². The first kappa shape index (κ1) is 18.9. The van der Waals surface area contributed by atoms with Crippen molar-refractivity contribution in [1.82, 2.24) is 4.98 Å². The highest BCUT2D eigenvalue weighted by molar-refractivity contribution is 7.11. The van der Waals surface area contributed by atoms with Crippen molar-refractivity contribution in [1.29, 1.82) is 5.26 Å². The number of allylic oxidation sites excluding steroid dienone is 1. The highest BCUT2D eigenvalue weighted by Gasteiger charge is 2.11. The molecule has 0 bridgehead atoms. The first-order chi connectivity index (χ1) is 13.0. The number of non-ortho nitro benzene ring substituents is 1. The molecule has 0 saturated carbocycles. The van der Waals surface area contributed by atoms with E-state index in [1.807, 2.05) is 0 Å². The zero-order chi connectivity index (χ0) is 19.4. The van der Waals surface area contributed by atoms with Crippen LogP contribution in [0, 0.1) is 21.4 Å². The third kappa shape index (κ3) is 4.44. The van der Waals surface area contributed by atoms with Gasteiger partial charge in [0.2, 0.25) is 0 Å². The lowest BCUT2D eigenvalue weighted by atomic mass is 10.1. The van der Waals surface area contributed by atoms with Gasteiger partial charge in [-0.3, -0.25) is 10.1 Å². The predicted octanol–water partition coefficient (Wildman–Crippen LogP) is 6.00. The minimum atomic E-state index is -0.458. The van der Waals surface area contributed by atoms with E-state index in [4.69, 9.17) is 23.2 Å². The summed E-state index contributed by atoms with van der Waals surface area (Å²) in [5, 5.41) is 26.4. The Bertz CT molecular complexity index is 1070. The van der Waals surface area contributed by atoms with Crippen molar-refractivity contribution in [2.24, 2.45) is 0 Å². The number of rotatable bonds is 5. The molecule has 1 heterocycles. The van der Waals surface area contributed by atoms with Gasteiger partial charge in [-0.25, -0.2) is 4.98 Å². The van der Waals surface area contributed by atoms with E-state index in [0.717, 1.165) is 5.56 Å². The maximum atomic E-state index is 10.7. The van der Waals surface area contributed by atoms with E-state index in [-0.39, 0.29) is 5.69 Å². The highest BCUT2D eigenvalue weighted by Crippen LogP contribution is 2.29. The molecular weight excluding hydrogens is 407 g/mol. The Labute approximate surface area is 168 Å². The van der Waals surface area contributed by atoms with E-state index < -0.39 is 4.92 Å². The molecule has 0 aliphatic heterocycles. The lowest BCUT2D eigenvalue weighted by Gasteiger charge is -2.04. The van der Waals surface area contributed by atoms with E-state index in [2.05, 4.69) is 16.4 Å². The van der Waals surface area contributed by atoms with E-state index in [9.17, 15) is 15.4 Å². The lowest BCUT2D eigenvalue weighted by Crippen LogP contribution is -1.92. The van der Waals surface area contributed by atoms with Crippen molar-refractivity contribution in [3.05, 3.63) is 79.2 Å². The molecule has 0 atom stereocenters. The van der Waals surface area contributed by atoms with Crippen LogP contribution in [-0.4, -0.2) is 9.91 Å². The van der Waals surface area contributed by atoms with E-state index in [1.165, 1.54) is 29.7 Å². The Morgan fingerprint density at radius 2 is 2.00 bits per heavy atom. The van der Waals surface area contributed by atoms with Gasteiger partial charge in [-0.05, 0) is 30.3 Å². The van der Waals surface area contributed by atoms with Gasteiger partial charge in [0.15, 0.2) is 0 Å². The number of hydrogen-bond acceptors (Lipinski definition) is 6. The fourth-order valence-electron chi connectivity index (χ4n) is 2.18. The Morgan fingerprint density at radius 3 is 2.63 bits per heavy atom. The average Bonchev–Trinajstić information content (AvgIpc) is 3.14. The molecule has 1 N–H and O–H groups in total. The van der Waals surface area contributed by atoms with E-state index >= 15 is 0 Å². The summed E-state index contributed by atoms with van der Waals surface area (Å²) in [4.78, 5) is 14.7. The summed E-state index contributed by atoms with van der Waals surface area (Å²) in [5.41, 5.74) is 2.32. The van der Waals surface area contributed by atoms with Crippen LogP contribution in [0.2, 0.25) is 10.0 Å². The zero-order valence-corrected chi connectivity index (χ0v) is 15.8. The van der Waals surface area contributed by atoms with Crippen LogP contribution in [0.3, 0.4) is 0 Å². The van der Waals surface area contributed by atoms with Crippen LogP contribution in [0.4, 0.5) is 11.4 Å². The predicted molar refractivity (Wildman–Crippen MR) is 108 cm³/mol. The van der Waals surface area contributed by atoms with Gasteiger partial charge in [0, 0.05) is 34.3 Å². The average molecular weight is 417 g/mol. The normalized spacial score (nSPS) is 11.1. The Morgan fingerprint density at radius 1 is 1.26 bits per heavy atom. The molecule has 3 rings (SSSR count). The fourth-order valence-corrected chi connectivity index (χ4v) is 3.44. The number of halogens is 2. The number of benzene rings is 2. The van der Waals surface area contributed by atoms with Crippen LogP contribution < -0.4 is 5.32 Å². The molecule has 0 aliphatic rings. The molecule has 0 amide bonds. The Hall–Kier alpha value is -2.92. The molecule has 0 unspecified atom stereocenters. The van der Waals surface area contributed by atoms with Gasteiger partial charge in [-0.2, -0.15) is 5.26 Å². The van der Waals surface area contributed by atoms with Crippen LogP contribution in [0.15, 0.2) is 54.0 Å². The molecule has 9 heteroatoms. The maximum absolute atomic E-state index is 10.7. The van der Waals surface area contributed by atoms with E-state index in [1.54, 1.807) is 35.7 Å². The molecule has 0 spiro atoms. The van der Waals surface area contributed by atoms with Crippen LogP contribution >= 0.6 is 34.5 Å². The number of nitro groups is 1. The summed E-state index contributed by atoms with van der Waals surface area (Å²) in [6.07, 6.45) is 1.52. The minimum Gasteiger partial charge on any atom is -0.359 e. The molecular formula is C18H10Cl2N4O2S. The van der Waals surface area contributed by atoms with Crippen molar-refractivity contribution in [2.75, 3.05) is 5.32 Å². The van der Waals surface area contributed by atoms with Gasteiger partial charge in [-0.15, -0.1) is 11.3 Å². The quantitative estimate of drug-likeness (QED) is 0.312. The zero-order valence-electron chi connectivity index (χ0n) is 13.5. The molecule has 3 aromatic rings. The van der Waals surface area contributed by atoms with Gasteiger partial charge in [-0.1, -0.05) is 23.2 Å². The summed E-state index contributed by atoms with van der Waals surface area (Å²) >= 11 is 13.3. The van der Waals surface area contributed by atoms with Gasteiger partial charge >= 0.3 is 0 Å². The number of thiazole rings is 1. The summed E-state index contributed by atoms with van der Waals surface area (Å²) in [6, 6.07) is 13.2. The van der Waals surface area contributed by atoms with E-state index in [0.29, 0.717) is 32.0 Å². The molecule has 0 fully saturated rings. The third-order valence-electron chi connectivity index (χ3n) is 3.53. The Balaban J connectivity index is 1.82. The minimum absolute atomic E-state index is 0.0101. The number of nitrogens with zero attached hydrogens (tertiary/aromatic N) is 3. The molecule has 0 radical (unpaired) electrons. The SMILES string of the molecule is N#C/C(=C/Nc1ccc(Cl)cc1Cl)c1nc(-c2ccc([N+](=O)[O-])cc2)cs1. The van der Waals surface area contributed by atoms with Crippen molar-refractivity contribution in [2.45, 2.75) is 0 Å². The second-order valence-corrected chi connectivity index (χ2v) is 6.98. The Kier molecular flexibility index (Phi) is 5.72. The summed E-state index contributed by atoms with van der Waals surface area (Å²) < 4.78 is 0. The summed E-state index contributed by atoms with van der Waals surface area (Å²) in [7, 11) is 0. The van der Waals surface area contributed by atoms with Crippen molar-refractivity contribution in [3.8, 4) is 17.3 Å². The number of nitriles is 1. The first-order valence-corrected chi connectivity index (χ1v) is 9.14. The molecule has 27 heavy (non-hydrogen) atoms. The van der Waals surface area contributed by atoms with Crippen molar-refractivity contribution < 1.29 is 4.92 Å². The van der Waals surface area contributed by atoms with Gasteiger partial charge in [0.1, 0.15) is 16.6 Å². The number of nitrogens with one attached hydrogen (secondary N) is 1. The molecule has 2 aromatic carbocycles. The van der Waals surface area contributed by atoms with Gasteiger partial charge in [0.25, 0.3) is 5.69 Å². The summed E-state index contributed by atoms with van der Waals surface area (Å²) in [5.74, 6) is 0. The number of nitro benzene ring substituents is 1. The van der Waals surface area contributed by atoms with Gasteiger partial charge in [0.05, 0.1) is 21.3 Å².